The van der Waals surface area contributed by atoms with Crippen molar-refractivity contribution in [3.05, 3.63) is 47.8 Å². The second-order valence-corrected chi connectivity index (χ2v) is 4.25. The molecule has 0 aliphatic heterocycles. The van der Waals surface area contributed by atoms with Crippen molar-refractivity contribution < 1.29 is 19.3 Å². The highest BCUT2D eigenvalue weighted by Gasteiger charge is 2.05. The molecule has 2 rings (SSSR count). The number of benzene rings is 2. The van der Waals surface area contributed by atoms with Crippen LogP contribution in [0.4, 0.5) is 10.1 Å². The van der Waals surface area contributed by atoms with Gasteiger partial charge in [0.1, 0.15) is 0 Å². The van der Waals surface area contributed by atoms with Crippen molar-refractivity contribution in [1.29, 1.82) is 0 Å². The summed E-state index contributed by atoms with van der Waals surface area (Å²) in [5.41, 5.74) is 1.38. The maximum atomic E-state index is 13.6. The molecule has 0 atom stereocenters. The van der Waals surface area contributed by atoms with Crippen molar-refractivity contribution in [2.75, 3.05) is 11.9 Å². The monoisotopic (exact) mass is 277 g/mol. The highest BCUT2D eigenvalue weighted by molar-refractivity contribution is 5.48. The van der Waals surface area contributed by atoms with E-state index in [1.165, 1.54) is 18.2 Å². The van der Waals surface area contributed by atoms with Gasteiger partial charge in [0.2, 0.25) is 0 Å². The number of hydrogen-bond acceptors (Lipinski definition) is 4. The summed E-state index contributed by atoms with van der Waals surface area (Å²) in [6, 6.07) is 9.17. The molecule has 0 radical (unpaired) electrons. The van der Waals surface area contributed by atoms with Crippen molar-refractivity contribution >= 4 is 5.69 Å². The Morgan fingerprint density at radius 1 is 1.10 bits per heavy atom. The molecule has 0 heterocycles. The predicted octanol–water partition coefficient (Wildman–Crippen LogP) is 3.25. The summed E-state index contributed by atoms with van der Waals surface area (Å²) < 4.78 is 18.8. The summed E-state index contributed by atoms with van der Waals surface area (Å²) >= 11 is 0. The molecule has 2 aromatic rings. The lowest BCUT2D eigenvalue weighted by Gasteiger charge is -2.10. The number of rotatable bonds is 5. The van der Waals surface area contributed by atoms with E-state index in [-0.39, 0.29) is 17.2 Å². The number of ether oxygens (including phenoxy) is 1. The minimum absolute atomic E-state index is 0.166. The van der Waals surface area contributed by atoms with Gasteiger partial charge in [-0.2, -0.15) is 0 Å². The van der Waals surface area contributed by atoms with Gasteiger partial charge in [0.05, 0.1) is 6.61 Å². The smallest absolute Gasteiger partial charge is 0.167 e. The van der Waals surface area contributed by atoms with Crippen LogP contribution < -0.4 is 10.1 Å². The average molecular weight is 277 g/mol. The van der Waals surface area contributed by atoms with E-state index in [0.29, 0.717) is 18.8 Å². The number of aromatic hydroxyl groups is 2. The van der Waals surface area contributed by atoms with Crippen molar-refractivity contribution in [3.63, 3.8) is 0 Å². The van der Waals surface area contributed by atoms with Gasteiger partial charge in [-0.15, -0.1) is 0 Å². The zero-order chi connectivity index (χ0) is 14.5. The highest BCUT2D eigenvalue weighted by Crippen LogP contribution is 2.26. The van der Waals surface area contributed by atoms with E-state index < -0.39 is 5.82 Å². The molecule has 0 spiro atoms. The molecule has 20 heavy (non-hydrogen) atoms. The van der Waals surface area contributed by atoms with Crippen LogP contribution in [0.3, 0.4) is 0 Å². The van der Waals surface area contributed by atoms with Crippen molar-refractivity contribution in [3.8, 4) is 17.2 Å². The summed E-state index contributed by atoms with van der Waals surface area (Å²) in [5.74, 6) is -0.547. The second-order valence-electron chi connectivity index (χ2n) is 4.25. The molecule has 0 unspecified atom stereocenters. The molecular formula is C15H16FNO3. The fourth-order valence-electron chi connectivity index (χ4n) is 1.77. The van der Waals surface area contributed by atoms with E-state index in [1.807, 2.05) is 0 Å². The Kier molecular flexibility index (Phi) is 4.30. The van der Waals surface area contributed by atoms with Crippen LogP contribution >= 0.6 is 0 Å². The predicted molar refractivity (Wildman–Crippen MR) is 74.7 cm³/mol. The number of phenolic OH excluding ortho intramolecular Hbond substituents is 2. The SMILES string of the molecule is CCOc1ccc(NCc2ccc(O)c(O)c2)cc1F. The fraction of sp³-hybridized carbons (Fsp3) is 0.200. The van der Waals surface area contributed by atoms with Crippen LogP contribution in [-0.4, -0.2) is 16.8 Å². The van der Waals surface area contributed by atoms with Crippen molar-refractivity contribution in [2.24, 2.45) is 0 Å². The summed E-state index contributed by atoms with van der Waals surface area (Å²) in [6.45, 7) is 2.61. The minimum atomic E-state index is -0.426. The lowest BCUT2D eigenvalue weighted by atomic mass is 10.2. The van der Waals surface area contributed by atoms with Crippen LogP contribution in [0, 0.1) is 5.82 Å². The number of anilines is 1. The third-order valence-electron chi connectivity index (χ3n) is 2.77. The number of nitrogens with one attached hydrogen (secondary N) is 1. The van der Waals surface area contributed by atoms with E-state index in [9.17, 15) is 14.6 Å². The summed E-state index contributed by atoms with van der Waals surface area (Å²) in [4.78, 5) is 0. The Labute approximate surface area is 116 Å². The zero-order valence-electron chi connectivity index (χ0n) is 11.1. The van der Waals surface area contributed by atoms with E-state index in [4.69, 9.17) is 4.74 Å². The average Bonchev–Trinajstić information content (AvgIpc) is 2.43. The number of halogens is 1. The van der Waals surface area contributed by atoms with Crippen LogP contribution in [-0.2, 0) is 6.54 Å². The molecule has 2 aromatic carbocycles. The van der Waals surface area contributed by atoms with Crippen LogP contribution in [0.25, 0.3) is 0 Å². The van der Waals surface area contributed by atoms with Gasteiger partial charge < -0.3 is 20.3 Å². The topological polar surface area (TPSA) is 61.7 Å². The first-order chi connectivity index (χ1) is 9.60. The second kappa shape index (κ2) is 6.14. The van der Waals surface area contributed by atoms with Crippen LogP contribution in [0.1, 0.15) is 12.5 Å². The molecule has 106 valence electrons. The standard InChI is InChI=1S/C15H16FNO3/c1-2-20-15-6-4-11(8-12(15)16)17-9-10-3-5-13(18)14(19)7-10/h3-8,17-19H,2,9H2,1H3. The third-order valence-corrected chi connectivity index (χ3v) is 2.77. The lowest BCUT2D eigenvalue weighted by molar-refractivity contribution is 0.321. The van der Waals surface area contributed by atoms with E-state index in [0.717, 1.165) is 5.56 Å². The Balaban J connectivity index is 2.03. The molecular weight excluding hydrogens is 261 g/mol. The third kappa shape index (κ3) is 3.32. The molecule has 0 aromatic heterocycles. The van der Waals surface area contributed by atoms with Crippen LogP contribution in [0.5, 0.6) is 17.2 Å². The van der Waals surface area contributed by atoms with Gasteiger partial charge in [0, 0.05) is 18.3 Å². The zero-order valence-corrected chi connectivity index (χ0v) is 11.1. The number of hydrogen-bond donors (Lipinski definition) is 3. The van der Waals surface area contributed by atoms with Crippen molar-refractivity contribution in [2.45, 2.75) is 13.5 Å². The van der Waals surface area contributed by atoms with E-state index >= 15 is 0 Å². The fourth-order valence-corrected chi connectivity index (χ4v) is 1.77. The van der Waals surface area contributed by atoms with Crippen molar-refractivity contribution in [1.82, 2.24) is 0 Å². The minimum Gasteiger partial charge on any atom is -0.504 e. The molecule has 0 saturated carbocycles. The Morgan fingerprint density at radius 2 is 1.90 bits per heavy atom. The Hall–Kier alpha value is -2.43. The molecule has 0 aliphatic rings. The van der Waals surface area contributed by atoms with Gasteiger partial charge in [-0.25, -0.2) is 4.39 Å². The van der Waals surface area contributed by atoms with Crippen LogP contribution in [0.2, 0.25) is 0 Å². The van der Waals surface area contributed by atoms with E-state index in [2.05, 4.69) is 5.32 Å². The first kappa shape index (κ1) is 14.0. The Morgan fingerprint density at radius 3 is 2.55 bits per heavy atom. The maximum absolute atomic E-state index is 13.6. The maximum Gasteiger partial charge on any atom is 0.167 e. The van der Waals surface area contributed by atoms with Gasteiger partial charge >= 0.3 is 0 Å². The van der Waals surface area contributed by atoms with Crippen LogP contribution in [0.15, 0.2) is 36.4 Å². The Bertz CT molecular complexity index is 602. The molecule has 5 heteroatoms. The van der Waals surface area contributed by atoms with Gasteiger partial charge in [-0.3, -0.25) is 0 Å². The molecule has 3 N–H and O–H groups in total. The molecule has 0 fully saturated rings. The van der Waals surface area contributed by atoms with Gasteiger partial charge in [0.25, 0.3) is 0 Å². The first-order valence-electron chi connectivity index (χ1n) is 6.27. The molecule has 0 saturated heterocycles. The van der Waals surface area contributed by atoms with Gasteiger partial charge in [-0.1, -0.05) is 6.07 Å². The van der Waals surface area contributed by atoms with Gasteiger partial charge in [0.15, 0.2) is 23.1 Å². The lowest BCUT2D eigenvalue weighted by Crippen LogP contribution is -2.01. The number of phenols is 2. The highest BCUT2D eigenvalue weighted by atomic mass is 19.1. The molecule has 4 nitrogen and oxygen atoms in total. The van der Waals surface area contributed by atoms with Gasteiger partial charge in [-0.05, 0) is 36.8 Å². The van der Waals surface area contributed by atoms with E-state index in [1.54, 1.807) is 25.1 Å². The molecule has 0 aliphatic carbocycles. The normalized spacial score (nSPS) is 10.3. The molecule has 0 amide bonds. The first-order valence-corrected chi connectivity index (χ1v) is 6.27. The quantitative estimate of drug-likeness (QED) is 0.734. The summed E-state index contributed by atoms with van der Waals surface area (Å²) in [6.07, 6.45) is 0. The largest absolute Gasteiger partial charge is 0.504 e. The molecule has 0 bridgehead atoms. The summed E-state index contributed by atoms with van der Waals surface area (Å²) in [5, 5.41) is 21.6. The summed E-state index contributed by atoms with van der Waals surface area (Å²) in [7, 11) is 0.